The van der Waals surface area contributed by atoms with Gasteiger partial charge in [-0.2, -0.15) is 0 Å². The number of aromatic nitrogens is 2. The third kappa shape index (κ3) is 1.26. The Balaban J connectivity index is 2.67. The summed E-state index contributed by atoms with van der Waals surface area (Å²) in [5.74, 6) is -0.499. The zero-order valence-electron chi connectivity index (χ0n) is 7.16. The first kappa shape index (κ1) is 7.79. The van der Waals surface area contributed by atoms with Crippen LogP contribution in [0.5, 0.6) is 0 Å². The van der Waals surface area contributed by atoms with Crippen LogP contribution in [0.3, 0.4) is 0 Å². The number of nitrogens with zero attached hydrogens (tertiary/aromatic N) is 1. The molecule has 2 aromatic heterocycles. The van der Waals surface area contributed by atoms with Crippen molar-refractivity contribution in [3.63, 3.8) is 0 Å². The van der Waals surface area contributed by atoms with E-state index in [1.807, 2.05) is 13.0 Å². The smallest absolute Gasteiger partial charge is 0.267 e. The summed E-state index contributed by atoms with van der Waals surface area (Å²) in [4.78, 5) is 18.0. The maximum absolute atomic E-state index is 10.8. The van der Waals surface area contributed by atoms with E-state index in [0.717, 1.165) is 16.7 Å². The molecule has 4 heteroatoms. The van der Waals surface area contributed by atoms with Crippen molar-refractivity contribution in [2.24, 2.45) is 5.73 Å². The van der Waals surface area contributed by atoms with Crippen LogP contribution in [0.1, 0.15) is 16.2 Å². The number of pyridine rings is 1. The summed E-state index contributed by atoms with van der Waals surface area (Å²) in [6, 6.07) is 5.29. The van der Waals surface area contributed by atoms with Gasteiger partial charge in [-0.15, -0.1) is 0 Å². The van der Waals surface area contributed by atoms with Gasteiger partial charge < -0.3 is 10.7 Å². The molecule has 0 aliphatic carbocycles. The predicted octanol–water partition coefficient (Wildman–Crippen LogP) is 0.970. The molecule has 1 amide bonds. The highest BCUT2D eigenvalue weighted by Crippen LogP contribution is 2.12. The van der Waals surface area contributed by atoms with E-state index < -0.39 is 5.91 Å². The molecular formula is C9H9N3O. The number of aromatic amines is 1. The summed E-state index contributed by atoms with van der Waals surface area (Å²) < 4.78 is 0. The van der Waals surface area contributed by atoms with E-state index in [2.05, 4.69) is 9.97 Å². The normalized spacial score (nSPS) is 10.5. The molecule has 0 atom stereocenters. The molecule has 2 aromatic rings. The Kier molecular flexibility index (Phi) is 1.55. The van der Waals surface area contributed by atoms with E-state index >= 15 is 0 Å². The van der Waals surface area contributed by atoms with Gasteiger partial charge in [0.05, 0.1) is 11.0 Å². The van der Waals surface area contributed by atoms with E-state index in [4.69, 9.17) is 5.73 Å². The zero-order chi connectivity index (χ0) is 9.42. The second-order valence-electron chi connectivity index (χ2n) is 2.95. The lowest BCUT2D eigenvalue weighted by Crippen LogP contribution is -2.12. The first-order chi connectivity index (χ1) is 6.16. The van der Waals surface area contributed by atoms with Crippen LogP contribution >= 0.6 is 0 Å². The summed E-state index contributed by atoms with van der Waals surface area (Å²) in [6.45, 7) is 1.94. The number of nitrogens with one attached hydrogen (secondary N) is 1. The van der Waals surface area contributed by atoms with Gasteiger partial charge in [0.25, 0.3) is 5.91 Å². The van der Waals surface area contributed by atoms with Gasteiger partial charge in [-0.3, -0.25) is 4.79 Å². The van der Waals surface area contributed by atoms with Crippen molar-refractivity contribution in [2.45, 2.75) is 6.92 Å². The number of fused-ring (bicyclic) bond motifs is 1. The molecule has 66 valence electrons. The van der Waals surface area contributed by atoms with Crippen LogP contribution in [0.4, 0.5) is 0 Å². The van der Waals surface area contributed by atoms with Gasteiger partial charge in [-0.05, 0) is 25.1 Å². The maximum Gasteiger partial charge on any atom is 0.267 e. The first-order valence-corrected chi connectivity index (χ1v) is 3.93. The quantitative estimate of drug-likeness (QED) is 0.677. The monoisotopic (exact) mass is 175 g/mol. The average Bonchev–Trinajstić information content (AvgIpc) is 2.42. The van der Waals surface area contributed by atoms with Gasteiger partial charge in [-0.1, -0.05) is 0 Å². The number of nitrogens with two attached hydrogens (primary N) is 1. The topological polar surface area (TPSA) is 71.8 Å². The highest BCUT2D eigenvalue weighted by molar-refractivity contribution is 5.93. The molecule has 0 bridgehead atoms. The molecule has 0 aliphatic heterocycles. The van der Waals surface area contributed by atoms with Crippen molar-refractivity contribution in [2.75, 3.05) is 0 Å². The van der Waals surface area contributed by atoms with Crippen LogP contribution in [-0.2, 0) is 0 Å². The minimum absolute atomic E-state index is 0.298. The molecule has 0 aromatic carbocycles. The highest BCUT2D eigenvalue weighted by Gasteiger charge is 2.04. The highest BCUT2D eigenvalue weighted by atomic mass is 16.1. The van der Waals surface area contributed by atoms with Gasteiger partial charge in [0.15, 0.2) is 0 Å². The Morgan fingerprint density at radius 3 is 3.00 bits per heavy atom. The molecule has 2 heterocycles. The molecule has 0 radical (unpaired) electrons. The molecule has 4 nitrogen and oxygen atoms in total. The third-order valence-electron chi connectivity index (χ3n) is 1.86. The lowest BCUT2D eigenvalue weighted by molar-refractivity contribution is 0.0996. The summed E-state index contributed by atoms with van der Waals surface area (Å²) >= 11 is 0. The Morgan fingerprint density at radius 1 is 1.54 bits per heavy atom. The first-order valence-electron chi connectivity index (χ1n) is 3.93. The van der Waals surface area contributed by atoms with Crippen molar-refractivity contribution < 1.29 is 4.79 Å². The standard InChI is InChI=1S/C9H9N3O/c1-5-4-8-6(11-5)2-3-7(12-8)9(10)13/h2-4,11H,1H3,(H2,10,13). The number of amides is 1. The summed E-state index contributed by atoms with van der Waals surface area (Å²) in [5, 5.41) is 0. The van der Waals surface area contributed by atoms with Crippen molar-refractivity contribution in [1.82, 2.24) is 9.97 Å². The zero-order valence-corrected chi connectivity index (χ0v) is 7.16. The molecular weight excluding hydrogens is 166 g/mol. The van der Waals surface area contributed by atoms with Crippen molar-refractivity contribution in [3.8, 4) is 0 Å². The maximum atomic E-state index is 10.8. The number of primary amides is 1. The van der Waals surface area contributed by atoms with Crippen LogP contribution < -0.4 is 5.73 Å². The Morgan fingerprint density at radius 2 is 2.31 bits per heavy atom. The molecule has 0 saturated heterocycles. The molecule has 13 heavy (non-hydrogen) atoms. The van der Waals surface area contributed by atoms with Crippen LogP contribution in [-0.4, -0.2) is 15.9 Å². The van der Waals surface area contributed by atoms with Gasteiger partial charge in [0, 0.05) is 5.69 Å². The van der Waals surface area contributed by atoms with Crippen LogP contribution in [0, 0.1) is 6.92 Å². The van der Waals surface area contributed by atoms with Gasteiger partial charge in [0.1, 0.15) is 5.69 Å². The molecule has 0 spiro atoms. The number of hydrogen-bond donors (Lipinski definition) is 2. The summed E-state index contributed by atoms with van der Waals surface area (Å²) in [5.41, 5.74) is 8.11. The fraction of sp³-hybridized carbons (Fsp3) is 0.111. The molecule has 3 N–H and O–H groups in total. The number of hydrogen-bond acceptors (Lipinski definition) is 2. The lowest BCUT2D eigenvalue weighted by atomic mass is 10.3. The molecule has 0 unspecified atom stereocenters. The van der Waals surface area contributed by atoms with Gasteiger partial charge in [0.2, 0.25) is 0 Å². The number of aryl methyl sites for hydroxylation is 1. The van der Waals surface area contributed by atoms with Crippen molar-refractivity contribution >= 4 is 16.9 Å². The SMILES string of the molecule is Cc1cc2nc(C(N)=O)ccc2[nH]1. The predicted molar refractivity (Wildman–Crippen MR) is 49.3 cm³/mol. The number of rotatable bonds is 1. The number of H-pyrrole nitrogens is 1. The summed E-state index contributed by atoms with van der Waals surface area (Å²) in [6.07, 6.45) is 0. The summed E-state index contributed by atoms with van der Waals surface area (Å²) in [7, 11) is 0. The molecule has 0 aliphatic rings. The van der Waals surface area contributed by atoms with E-state index in [9.17, 15) is 4.79 Å². The van der Waals surface area contributed by atoms with Crippen LogP contribution in [0.15, 0.2) is 18.2 Å². The molecule has 0 fully saturated rings. The van der Waals surface area contributed by atoms with Crippen LogP contribution in [0.2, 0.25) is 0 Å². The minimum Gasteiger partial charge on any atom is -0.364 e. The molecule has 2 rings (SSSR count). The van der Waals surface area contributed by atoms with Gasteiger partial charge >= 0.3 is 0 Å². The van der Waals surface area contributed by atoms with E-state index in [1.54, 1.807) is 12.1 Å². The Bertz CT molecular complexity index is 473. The van der Waals surface area contributed by atoms with E-state index in [0.29, 0.717) is 5.69 Å². The fourth-order valence-electron chi connectivity index (χ4n) is 1.28. The Hall–Kier alpha value is -1.84. The van der Waals surface area contributed by atoms with Gasteiger partial charge in [-0.25, -0.2) is 4.98 Å². The average molecular weight is 175 g/mol. The molecule has 0 saturated carbocycles. The van der Waals surface area contributed by atoms with Crippen molar-refractivity contribution in [3.05, 3.63) is 29.6 Å². The lowest BCUT2D eigenvalue weighted by Gasteiger charge is -1.93. The largest absolute Gasteiger partial charge is 0.364 e. The fourth-order valence-corrected chi connectivity index (χ4v) is 1.28. The van der Waals surface area contributed by atoms with Crippen LogP contribution in [0.25, 0.3) is 11.0 Å². The minimum atomic E-state index is -0.499. The van der Waals surface area contributed by atoms with E-state index in [-0.39, 0.29) is 0 Å². The Labute approximate surface area is 74.8 Å². The van der Waals surface area contributed by atoms with E-state index in [1.165, 1.54) is 0 Å². The third-order valence-corrected chi connectivity index (χ3v) is 1.86. The second kappa shape index (κ2) is 2.58. The second-order valence-corrected chi connectivity index (χ2v) is 2.95. The number of carbonyl (C=O) groups excluding carboxylic acids is 1. The number of carbonyl (C=O) groups is 1. The van der Waals surface area contributed by atoms with Crippen molar-refractivity contribution in [1.29, 1.82) is 0 Å².